The van der Waals surface area contributed by atoms with Gasteiger partial charge in [0.1, 0.15) is 5.75 Å². The number of hydrogen-bond donors (Lipinski definition) is 6. The van der Waals surface area contributed by atoms with Crippen molar-refractivity contribution in [2.75, 3.05) is 20.1 Å². The number of likely N-dealkylation sites (N-methyl/N-ethyl adjacent to an activating group) is 1. The fourth-order valence-corrected chi connectivity index (χ4v) is 6.41. The number of phenolic OH excluding ortho intramolecular Hbond substituents is 1. The van der Waals surface area contributed by atoms with Gasteiger partial charge >= 0.3 is 0 Å². The number of nitrogens with one attached hydrogen (secondary N) is 2. The van der Waals surface area contributed by atoms with E-state index in [1.54, 1.807) is 29.7 Å². The number of rotatable bonds is 17. The van der Waals surface area contributed by atoms with Gasteiger partial charge in [-0.2, -0.15) is 0 Å². The number of aliphatic hydroxyl groups excluding tert-OH is 2. The topological polar surface area (TPSA) is 161 Å². The monoisotopic (exact) mass is 711 g/mol. The SMILES string of the molecule is CN(C[C@H]1C[C@@H](c2ccc(CO)cc2)O[C@@H](c2cccc(-c3cccc(CNC(=O)CCCCCC(=O)NO)c3)c2)O1)C[C@@H](O)c1cccc(O)c1. The van der Waals surface area contributed by atoms with E-state index in [1.165, 1.54) is 0 Å². The van der Waals surface area contributed by atoms with E-state index in [0.29, 0.717) is 50.9 Å². The van der Waals surface area contributed by atoms with Crippen LogP contribution in [0.2, 0.25) is 0 Å². The summed E-state index contributed by atoms with van der Waals surface area (Å²) in [5, 5.41) is 41.9. The smallest absolute Gasteiger partial charge is 0.243 e. The van der Waals surface area contributed by atoms with E-state index in [0.717, 1.165) is 39.8 Å². The average molecular weight is 712 g/mol. The number of benzene rings is 4. The predicted octanol–water partition coefficient (Wildman–Crippen LogP) is 5.83. The van der Waals surface area contributed by atoms with Gasteiger partial charge in [-0.3, -0.25) is 14.8 Å². The van der Waals surface area contributed by atoms with Crippen LogP contribution in [0.25, 0.3) is 11.1 Å². The lowest BCUT2D eigenvalue weighted by atomic mass is 9.98. The van der Waals surface area contributed by atoms with E-state index in [-0.39, 0.29) is 36.9 Å². The number of aromatic hydroxyl groups is 1. The second-order valence-corrected chi connectivity index (χ2v) is 13.4. The van der Waals surface area contributed by atoms with Gasteiger partial charge in [-0.1, -0.05) is 79.2 Å². The Labute approximate surface area is 304 Å². The highest BCUT2D eigenvalue weighted by Gasteiger charge is 2.33. The largest absolute Gasteiger partial charge is 0.508 e. The van der Waals surface area contributed by atoms with E-state index >= 15 is 0 Å². The molecule has 4 aromatic carbocycles. The zero-order chi connectivity index (χ0) is 36.9. The molecule has 0 bridgehead atoms. The van der Waals surface area contributed by atoms with Crippen molar-refractivity contribution in [3.05, 3.63) is 125 Å². The third-order valence-corrected chi connectivity index (χ3v) is 9.21. The third kappa shape index (κ3) is 11.4. The Morgan fingerprint density at radius 2 is 1.54 bits per heavy atom. The molecule has 1 fully saturated rings. The lowest BCUT2D eigenvalue weighted by Crippen LogP contribution is -2.39. The fraction of sp³-hybridized carbons (Fsp3) is 0.366. The van der Waals surface area contributed by atoms with Crippen LogP contribution in [-0.4, -0.2) is 63.5 Å². The van der Waals surface area contributed by atoms with Crippen LogP contribution in [-0.2, 0) is 32.2 Å². The Bertz CT molecular complexity index is 1750. The number of ether oxygens (including phenoxy) is 2. The van der Waals surface area contributed by atoms with Gasteiger partial charge in [0.15, 0.2) is 6.29 Å². The standard InChI is InChI=1S/C41H49N3O8/c1-44(26-37(47)33-11-7-13-35(46)22-33)25-36-23-38(30-18-16-28(27-45)17-19-30)52-41(51-36)34-12-6-10-32(21-34)31-9-5-8-29(20-31)24-42-39(48)14-3-2-4-15-40(49)43-50/h5-13,16-22,36-38,41,45-47,50H,2-4,14-15,23-27H2,1H3,(H,42,48)(H,43,49)/t36-,37-,38+,41+/m1/s1. The van der Waals surface area contributed by atoms with Crippen molar-refractivity contribution < 1.29 is 39.6 Å². The van der Waals surface area contributed by atoms with Crippen LogP contribution in [0.1, 0.15) is 84.8 Å². The summed E-state index contributed by atoms with van der Waals surface area (Å²) in [6.45, 7) is 1.24. The van der Waals surface area contributed by atoms with Crippen LogP contribution in [0.4, 0.5) is 0 Å². The number of amides is 2. The molecule has 1 saturated heterocycles. The molecule has 4 aromatic rings. The Morgan fingerprint density at radius 1 is 0.827 bits per heavy atom. The van der Waals surface area contributed by atoms with E-state index in [4.69, 9.17) is 14.7 Å². The first kappa shape index (κ1) is 38.6. The summed E-state index contributed by atoms with van der Waals surface area (Å²) < 4.78 is 13.2. The zero-order valence-corrected chi connectivity index (χ0v) is 29.5. The summed E-state index contributed by atoms with van der Waals surface area (Å²) in [7, 11) is 1.93. The summed E-state index contributed by atoms with van der Waals surface area (Å²) in [5.74, 6) is -0.367. The normalized spacial score (nSPS) is 17.8. The molecule has 2 amide bonds. The fourth-order valence-electron chi connectivity index (χ4n) is 6.41. The first-order valence-corrected chi connectivity index (χ1v) is 17.8. The number of hydroxylamine groups is 1. The van der Waals surface area contributed by atoms with Crippen LogP contribution in [0.3, 0.4) is 0 Å². The quantitative estimate of drug-likeness (QED) is 0.0450. The van der Waals surface area contributed by atoms with Crippen molar-refractivity contribution in [2.45, 2.75) is 76.3 Å². The van der Waals surface area contributed by atoms with Crippen molar-refractivity contribution >= 4 is 11.8 Å². The van der Waals surface area contributed by atoms with Crippen LogP contribution in [0.5, 0.6) is 5.75 Å². The van der Waals surface area contributed by atoms with Gasteiger partial charge in [0, 0.05) is 44.5 Å². The van der Waals surface area contributed by atoms with Gasteiger partial charge < -0.3 is 35.0 Å². The highest BCUT2D eigenvalue weighted by atomic mass is 16.7. The van der Waals surface area contributed by atoms with Gasteiger partial charge in [0.25, 0.3) is 0 Å². The van der Waals surface area contributed by atoms with Crippen molar-refractivity contribution in [3.63, 3.8) is 0 Å². The number of unbranched alkanes of at least 4 members (excludes halogenated alkanes) is 2. The molecule has 11 heteroatoms. The molecule has 1 aliphatic rings. The van der Waals surface area contributed by atoms with Gasteiger partial charge in [0.2, 0.25) is 11.8 Å². The number of aliphatic hydroxyl groups is 2. The van der Waals surface area contributed by atoms with E-state index in [1.807, 2.05) is 72.6 Å². The maximum atomic E-state index is 12.4. The number of carbonyl (C=O) groups excluding carboxylic acids is 2. The molecule has 0 aromatic heterocycles. The van der Waals surface area contributed by atoms with Crippen LogP contribution < -0.4 is 10.8 Å². The summed E-state index contributed by atoms with van der Waals surface area (Å²) in [6, 6.07) is 30.5. The first-order chi connectivity index (χ1) is 25.2. The molecule has 0 aliphatic carbocycles. The highest BCUT2D eigenvalue weighted by Crippen LogP contribution is 2.39. The maximum Gasteiger partial charge on any atom is 0.243 e. The maximum absolute atomic E-state index is 12.4. The number of nitrogens with zero attached hydrogens (tertiary/aromatic N) is 1. The van der Waals surface area contributed by atoms with Gasteiger partial charge in [-0.25, -0.2) is 5.48 Å². The predicted molar refractivity (Wildman–Crippen MR) is 196 cm³/mol. The average Bonchev–Trinajstić information content (AvgIpc) is 3.16. The summed E-state index contributed by atoms with van der Waals surface area (Å²) in [5.41, 5.74) is 7.84. The summed E-state index contributed by atoms with van der Waals surface area (Å²) in [6.07, 6.45) is 1.25. The minimum Gasteiger partial charge on any atom is -0.508 e. The zero-order valence-electron chi connectivity index (χ0n) is 29.5. The van der Waals surface area contributed by atoms with Crippen LogP contribution >= 0.6 is 0 Å². The molecule has 4 atom stereocenters. The Morgan fingerprint density at radius 3 is 2.27 bits per heavy atom. The molecule has 0 spiro atoms. The second-order valence-electron chi connectivity index (χ2n) is 13.4. The third-order valence-electron chi connectivity index (χ3n) is 9.21. The Balaban J connectivity index is 1.25. The van der Waals surface area contributed by atoms with Crippen LogP contribution in [0.15, 0.2) is 97.1 Å². The molecule has 6 N–H and O–H groups in total. The molecule has 276 valence electrons. The second kappa shape index (κ2) is 19.3. The Hall–Kier alpha value is -4.62. The molecular weight excluding hydrogens is 662 g/mol. The van der Waals surface area contributed by atoms with Crippen LogP contribution in [0, 0.1) is 0 Å². The van der Waals surface area contributed by atoms with E-state index in [9.17, 15) is 24.9 Å². The molecule has 1 heterocycles. The lowest BCUT2D eigenvalue weighted by molar-refractivity contribution is -0.252. The van der Waals surface area contributed by atoms with Crippen molar-refractivity contribution in [1.82, 2.24) is 15.7 Å². The lowest BCUT2D eigenvalue weighted by Gasteiger charge is -2.38. The molecule has 1 aliphatic heterocycles. The molecule has 5 rings (SSSR count). The number of phenols is 1. The van der Waals surface area contributed by atoms with Gasteiger partial charge in [-0.15, -0.1) is 0 Å². The molecular formula is C41H49N3O8. The molecule has 0 saturated carbocycles. The molecule has 52 heavy (non-hydrogen) atoms. The molecule has 0 unspecified atom stereocenters. The van der Waals surface area contributed by atoms with E-state index < -0.39 is 18.3 Å². The highest BCUT2D eigenvalue weighted by molar-refractivity contribution is 5.76. The first-order valence-electron chi connectivity index (χ1n) is 17.8. The molecule has 0 radical (unpaired) electrons. The molecule has 11 nitrogen and oxygen atoms in total. The van der Waals surface area contributed by atoms with Gasteiger partial charge in [0.05, 0.1) is 24.9 Å². The van der Waals surface area contributed by atoms with Crippen molar-refractivity contribution in [1.29, 1.82) is 0 Å². The number of carbonyl (C=O) groups is 2. The van der Waals surface area contributed by atoms with E-state index in [2.05, 4.69) is 17.4 Å². The summed E-state index contributed by atoms with van der Waals surface area (Å²) in [4.78, 5) is 25.6. The Kier molecular flexibility index (Phi) is 14.3. The van der Waals surface area contributed by atoms with Crippen molar-refractivity contribution in [3.8, 4) is 16.9 Å². The van der Waals surface area contributed by atoms with Gasteiger partial charge in [-0.05, 0) is 77.5 Å². The minimum atomic E-state index is -0.783. The van der Waals surface area contributed by atoms with Crippen molar-refractivity contribution in [2.24, 2.45) is 0 Å². The number of hydrogen-bond acceptors (Lipinski definition) is 9. The summed E-state index contributed by atoms with van der Waals surface area (Å²) >= 11 is 0. The minimum absolute atomic E-state index is 0.0398.